The van der Waals surface area contributed by atoms with Gasteiger partial charge in [-0.1, -0.05) is 23.8 Å². The molecule has 0 saturated heterocycles. The number of carbonyl (C=O) groups is 3. The zero-order valence-corrected chi connectivity index (χ0v) is 16.4. The van der Waals surface area contributed by atoms with Gasteiger partial charge in [0.1, 0.15) is 6.54 Å². The number of hydrogen-bond donors (Lipinski definition) is 1. The molecule has 142 valence electrons. The van der Waals surface area contributed by atoms with E-state index >= 15 is 0 Å². The van der Waals surface area contributed by atoms with Crippen molar-refractivity contribution in [1.29, 1.82) is 0 Å². The summed E-state index contributed by atoms with van der Waals surface area (Å²) < 4.78 is 5.20. The SMILES string of the molecule is Cc1cccc(C(=O)NCC(=O)O[C@@H](C)C(=O)c2cc(C)c(C)cc2C)c1. The van der Waals surface area contributed by atoms with Gasteiger partial charge in [0.2, 0.25) is 5.78 Å². The van der Waals surface area contributed by atoms with E-state index < -0.39 is 12.1 Å². The topological polar surface area (TPSA) is 72.5 Å². The normalized spacial score (nSPS) is 11.6. The van der Waals surface area contributed by atoms with Gasteiger partial charge in [-0.2, -0.15) is 0 Å². The molecule has 0 heterocycles. The Morgan fingerprint density at radius 1 is 0.963 bits per heavy atom. The van der Waals surface area contributed by atoms with Gasteiger partial charge in [-0.3, -0.25) is 14.4 Å². The van der Waals surface area contributed by atoms with E-state index in [0.717, 1.165) is 22.3 Å². The lowest BCUT2D eigenvalue weighted by Gasteiger charge is -2.15. The second kappa shape index (κ2) is 8.62. The van der Waals surface area contributed by atoms with Crippen LogP contribution >= 0.6 is 0 Å². The largest absolute Gasteiger partial charge is 0.453 e. The number of ketones is 1. The number of rotatable bonds is 6. The van der Waals surface area contributed by atoms with E-state index in [0.29, 0.717) is 11.1 Å². The molecular formula is C22H25NO4. The number of ether oxygens (including phenoxy) is 1. The van der Waals surface area contributed by atoms with Gasteiger partial charge in [0.25, 0.3) is 5.91 Å². The van der Waals surface area contributed by atoms with E-state index in [9.17, 15) is 14.4 Å². The third-order valence-corrected chi connectivity index (χ3v) is 4.46. The Balaban J connectivity index is 1.94. The van der Waals surface area contributed by atoms with Crippen molar-refractivity contribution in [2.75, 3.05) is 6.54 Å². The molecule has 0 aliphatic rings. The predicted molar refractivity (Wildman–Crippen MR) is 104 cm³/mol. The molecule has 0 fully saturated rings. The number of hydrogen-bond acceptors (Lipinski definition) is 4. The molecule has 1 N–H and O–H groups in total. The maximum absolute atomic E-state index is 12.6. The first-order valence-electron chi connectivity index (χ1n) is 8.85. The monoisotopic (exact) mass is 367 g/mol. The average Bonchev–Trinajstić information content (AvgIpc) is 2.62. The van der Waals surface area contributed by atoms with Crippen LogP contribution in [0.4, 0.5) is 0 Å². The number of aryl methyl sites for hydroxylation is 4. The highest BCUT2D eigenvalue weighted by Gasteiger charge is 2.22. The van der Waals surface area contributed by atoms with Gasteiger partial charge >= 0.3 is 5.97 Å². The first-order chi connectivity index (χ1) is 12.7. The summed E-state index contributed by atoms with van der Waals surface area (Å²) in [4.78, 5) is 36.7. The third kappa shape index (κ3) is 5.26. The molecule has 1 atom stereocenters. The van der Waals surface area contributed by atoms with E-state index in [-0.39, 0.29) is 18.2 Å². The van der Waals surface area contributed by atoms with E-state index in [2.05, 4.69) is 5.32 Å². The van der Waals surface area contributed by atoms with Crippen molar-refractivity contribution in [3.8, 4) is 0 Å². The Labute approximate surface area is 159 Å². The Morgan fingerprint density at radius 3 is 2.30 bits per heavy atom. The number of amides is 1. The maximum atomic E-state index is 12.6. The molecule has 27 heavy (non-hydrogen) atoms. The Bertz CT molecular complexity index is 886. The molecule has 0 bridgehead atoms. The Hall–Kier alpha value is -2.95. The lowest BCUT2D eigenvalue weighted by atomic mass is 9.96. The van der Waals surface area contributed by atoms with Crippen LogP contribution in [0.3, 0.4) is 0 Å². The van der Waals surface area contributed by atoms with Crippen LogP contribution in [0.2, 0.25) is 0 Å². The molecule has 2 aromatic rings. The van der Waals surface area contributed by atoms with Gasteiger partial charge in [0.05, 0.1) is 0 Å². The van der Waals surface area contributed by atoms with Crippen molar-refractivity contribution in [3.63, 3.8) is 0 Å². The quantitative estimate of drug-likeness (QED) is 0.627. The number of esters is 1. The van der Waals surface area contributed by atoms with Crippen molar-refractivity contribution < 1.29 is 19.1 Å². The van der Waals surface area contributed by atoms with E-state index in [4.69, 9.17) is 4.74 Å². The second-order valence-electron chi connectivity index (χ2n) is 6.80. The standard InChI is InChI=1S/C22H25NO4/c1-13-7-6-8-18(9-13)22(26)23-12-20(24)27-17(5)21(25)19-11-15(3)14(2)10-16(19)4/h6-11,17H,12H2,1-5H3,(H,23,26)/t17-/m0/s1. The second-order valence-corrected chi connectivity index (χ2v) is 6.80. The van der Waals surface area contributed by atoms with Crippen molar-refractivity contribution in [2.24, 2.45) is 0 Å². The number of benzene rings is 2. The molecule has 1 amide bonds. The minimum atomic E-state index is -0.922. The molecule has 5 nitrogen and oxygen atoms in total. The molecule has 0 aliphatic heterocycles. The van der Waals surface area contributed by atoms with Gasteiger partial charge in [-0.05, 0) is 69.5 Å². The minimum absolute atomic E-state index is 0.256. The van der Waals surface area contributed by atoms with E-state index in [1.165, 1.54) is 6.92 Å². The first-order valence-corrected chi connectivity index (χ1v) is 8.85. The summed E-state index contributed by atoms with van der Waals surface area (Å²) in [6.07, 6.45) is -0.922. The van der Waals surface area contributed by atoms with Gasteiger partial charge in [-0.15, -0.1) is 0 Å². The number of Topliss-reactive ketones (excluding diaryl/α,β-unsaturated/α-hetero) is 1. The Kier molecular flexibility index (Phi) is 6.50. The molecule has 0 aliphatic carbocycles. The minimum Gasteiger partial charge on any atom is -0.453 e. The molecule has 2 rings (SSSR count). The van der Waals surface area contributed by atoms with Crippen molar-refractivity contribution in [1.82, 2.24) is 5.32 Å². The molecule has 0 radical (unpaired) electrons. The van der Waals surface area contributed by atoms with Gasteiger partial charge < -0.3 is 10.1 Å². The van der Waals surface area contributed by atoms with Crippen molar-refractivity contribution in [2.45, 2.75) is 40.7 Å². The molecular weight excluding hydrogens is 342 g/mol. The number of nitrogens with one attached hydrogen (secondary N) is 1. The van der Waals surface area contributed by atoms with Gasteiger partial charge in [0.15, 0.2) is 6.10 Å². The summed E-state index contributed by atoms with van der Waals surface area (Å²) in [5.41, 5.74) is 4.92. The average molecular weight is 367 g/mol. The fourth-order valence-corrected chi connectivity index (χ4v) is 2.78. The molecule has 5 heteroatoms. The van der Waals surface area contributed by atoms with E-state index in [1.807, 2.05) is 45.9 Å². The Morgan fingerprint density at radius 2 is 1.63 bits per heavy atom. The molecule has 2 aromatic carbocycles. The van der Waals surface area contributed by atoms with Crippen LogP contribution in [-0.2, 0) is 9.53 Å². The lowest BCUT2D eigenvalue weighted by Crippen LogP contribution is -2.34. The van der Waals surface area contributed by atoms with Crippen LogP contribution in [-0.4, -0.2) is 30.3 Å². The van der Waals surface area contributed by atoms with Crippen LogP contribution in [0.25, 0.3) is 0 Å². The van der Waals surface area contributed by atoms with Gasteiger partial charge in [0, 0.05) is 11.1 Å². The van der Waals surface area contributed by atoms with Crippen LogP contribution in [0, 0.1) is 27.7 Å². The zero-order valence-electron chi connectivity index (χ0n) is 16.4. The summed E-state index contributed by atoms with van der Waals surface area (Å²) >= 11 is 0. The first kappa shape index (κ1) is 20.4. The fourth-order valence-electron chi connectivity index (χ4n) is 2.78. The zero-order chi connectivity index (χ0) is 20.1. The highest BCUT2D eigenvalue weighted by atomic mass is 16.5. The van der Waals surface area contributed by atoms with Crippen LogP contribution in [0.5, 0.6) is 0 Å². The molecule has 0 saturated carbocycles. The summed E-state index contributed by atoms with van der Waals surface area (Å²) in [6.45, 7) is 8.90. The summed E-state index contributed by atoms with van der Waals surface area (Å²) in [7, 11) is 0. The fraction of sp³-hybridized carbons (Fsp3) is 0.318. The van der Waals surface area contributed by atoms with Crippen molar-refractivity contribution in [3.05, 3.63) is 69.8 Å². The predicted octanol–water partition coefficient (Wildman–Crippen LogP) is 3.46. The smallest absolute Gasteiger partial charge is 0.326 e. The summed E-state index contributed by atoms with van der Waals surface area (Å²) in [5, 5.41) is 2.51. The van der Waals surface area contributed by atoms with E-state index in [1.54, 1.807) is 18.2 Å². The third-order valence-electron chi connectivity index (χ3n) is 4.46. The lowest BCUT2D eigenvalue weighted by molar-refractivity contribution is -0.145. The summed E-state index contributed by atoms with van der Waals surface area (Å²) in [5.74, 6) is -1.27. The van der Waals surface area contributed by atoms with Gasteiger partial charge in [-0.25, -0.2) is 0 Å². The highest BCUT2D eigenvalue weighted by Crippen LogP contribution is 2.18. The summed E-state index contributed by atoms with van der Waals surface area (Å²) in [6, 6.07) is 10.8. The number of carbonyl (C=O) groups excluding carboxylic acids is 3. The van der Waals surface area contributed by atoms with Crippen LogP contribution in [0.15, 0.2) is 36.4 Å². The molecule has 0 spiro atoms. The van der Waals surface area contributed by atoms with Crippen LogP contribution in [0.1, 0.15) is 49.9 Å². The maximum Gasteiger partial charge on any atom is 0.326 e. The molecule has 0 unspecified atom stereocenters. The highest BCUT2D eigenvalue weighted by molar-refractivity contribution is 6.02. The van der Waals surface area contributed by atoms with Crippen LogP contribution < -0.4 is 5.32 Å². The van der Waals surface area contributed by atoms with Crippen molar-refractivity contribution >= 4 is 17.7 Å². The molecule has 0 aromatic heterocycles.